The van der Waals surface area contributed by atoms with Gasteiger partial charge in [-0.25, -0.2) is 4.79 Å². The maximum Gasteiger partial charge on any atom is 0.337 e. The van der Waals surface area contributed by atoms with E-state index < -0.39 is 5.97 Å². The van der Waals surface area contributed by atoms with E-state index in [4.69, 9.17) is 11.6 Å². The molecule has 24 heavy (non-hydrogen) atoms. The highest BCUT2D eigenvalue weighted by Crippen LogP contribution is 2.28. The number of amides is 1. The van der Waals surface area contributed by atoms with Gasteiger partial charge in [0.15, 0.2) is 6.29 Å². The van der Waals surface area contributed by atoms with E-state index in [9.17, 15) is 14.4 Å². The summed E-state index contributed by atoms with van der Waals surface area (Å²) in [4.78, 5) is 34.8. The predicted octanol–water partition coefficient (Wildman–Crippen LogP) is 3.88. The Morgan fingerprint density at radius 2 is 2.04 bits per heavy atom. The van der Waals surface area contributed by atoms with E-state index in [2.05, 4.69) is 26.0 Å². The highest BCUT2D eigenvalue weighted by molar-refractivity contribution is 9.10. The molecule has 0 aliphatic carbocycles. The van der Waals surface area contributed by atoms with Gasteiger partial charge >= 0.3 is 5.97 Å². The van der Waals surface area contributed by atoms with Crippen LogP contribution in [0.1, 0.15) is 26.3 Å². The molecule has 124 valence electrons. The van der Waals surface area contributed by atoms with Crippen LogP contribution >= 0.6 is 27.5 Å². The molecule has 2 aromatic carbocycles. The van der Waals surface area contributed by atoms with Gasteiger partial charge in [-0.2, -0.15) is 0 Å². The monoisotopic (exact) mass is 409 g/mol. The second-order valence-corrected chi connectivity index (χ2v) is 6.15. The van der Waals surface area contributed by atoms with Crippen LogP contribution in [-0.2, 0) is 16.0 Å². The van der Waals surface area contributed by atoms with Gasteiger partial charge in [-0.15, -0.1) is 0 Å². The van der Waals surface area contributed by atoms with E-state index in [0.717, 1.165) is 0 Å². The summed E-state index contributed by atoms with van der Waals surface area (Å²) in [7, 11) is 1.29. The molecular weight excluding hydrogens is 398 g/mol. The maximum absolute atomic E-state index is 12.2. The first-order chi connectivity index (χ1) is 11.4. The number of hydrogen-bond donors (Lipinski definition) is 1. The standard InChI is InChI=1S/C17H13BrClNO4/c1-24-17(23)11-4-2-3-10(5-11)6-16(22)20-15-8-14(19)13(18)7-12(15)9-21/h2-5,7-9H,6H2,1H3,(H,20,22). The number of ether oxygens (including phenoxy) is 1. The van der Waals surface area contributed by atoms with Crippen LogP contribution in [-0.4, -0.2) is 25.3 Å². The molecule has 0 radical (unpaired) electrons. The Kier molecular flexibility index (Phi) is 6.11. The normalized spacial score (nSPS) is 10.1. The topological polar surface area (TPSA) is 72.5 Å². The number of hydrogen-bond acceptors (Lipinski definition) is 4. The molecule has 2 aromatic rings. The summed E-state index contributed by atoms with van der Waals surface area (Å²) in [5, 5.41) is 3.03. The van der Waals surface area contributed by atoms with Crippen molar-refractivity contribution in [1.29, 1.82) is 0 Å². The molecule has 0 unspecified atom stereocenters. The Bertz CT molecular complexity index is 807. The number of halogens is 2. The van der Waals surface area contributed by atoms with E-state index in [1.54, 1.807) is 24.3 Å². The molecule has 0 aliphatic rings. The Balaban J connectivity index is 2.16. The van der Waals surface area contributed by atoms with Crippen molar-refractivity contribution in [2.75, 3.05) is 12.4 Å². The number of carbonyl (C=O) groups is 3. The van der Waals surface area contributed by atoms with Crippen LogP contribution in [0.15, 0.2) is 40.9 Å². The molecule has 0 bridgehead atoms. The highest BCUT2D eigenvalue weighted by atomic mass is 79.9. The highest BCUT2D eigenvalue weighted by Gasteiger charge is 2.12. The Morgan fingerprint density at radius 1 is 1.29 bits per heavy atom. The van der Waals surface area contributed by atoms with Gasteiger partial charge < -0.3 is 10.1 Å². The molecule has 0 fully saturated rings. The first kappa shape index (κ1) is 18.2. The minimum atomic E-state index is -0.472. The lowest BCUT2D eigenvalue weighted by molar-refractivity contribution is -0.115. The van der Waals surface area contributed by atoms with Crippen LogP contribution < -0.4 is 5.32 Å². The van der Waals surface area contributed by atoms with Crippen molar-refractivity contribution in [2.24, 2.45) is 0 Å². The molecular formula is C17H13BrClNO4. The van der Waals surface area contributed by atoms with Crippen LogP contribution in [0.4, 0.5) is 5.69 Å². The molecule has 0 saturated heterocycles. The van der Waals surface area contributed by atoms with Gasteiger partial charge in [-0.1, -0.05) is 23.7 Å². The number of aldehydes is 1. The summed E-state index contributed by atoms with van der Waals surface area (Å²) >= 11 is 9.21. The lowest BCUT2D eigenvalue weighted by Gasteiger charge is -2.10. The van der Waals surface area contributed by atoms with Crippen molar-refractivity contribution in [1.82, 2.24) is 0 Å². The summed E-state index contributed by atoms with van der Waals surface area (Å²) < 4.78 is 5.21. The first-order valence-corrected chi connectivity index (χ1v) is 8.03. The molecule has 1 amide bonds. The van der Waals surface area contributed by atoms with E-state index >= 15 is 0 Å². The van der Waals surface area contributed by atoms with Gasteiger partial charge in [-0.05, 0) is 45.8 Å². The smallest absolute Gasteiger partial charge is 0.337 e. The third kappa shape index (κ3) is 4.43. The van der Waals surface area contributed by atoms with Crippen LogP contribution in [0.25, 0.3) is 0 Å². The van der Waals surface area contributed by atoms with Crippen molar-refractivity contribution in [3.8, 4) is 0 Å². The molecule has 2 rings (SSSR count). The molecule has 7 heteroatoms. The van der Waals surface area contributed by atoms with Crippen LogP contribution in [0.3, 0.4) is 0 Å². The van der Waals surface area contributed by atoms with E-state index in [1.807, 2.05) is 0 Å². The van der Waals surface area contributed by atoms with Crippen LogP contribution in [0.2, 0.25) is 5.02 Å². The molecule has 0 saturated carbocycles. The van der Waals surface area contributed by atoms with Crippen LogP contribution in [0.5, 0.6) is 0 Å². The Hall–Kier alpha value is -2.18. The Labute approximate surface area is 152 Å². The zero-order chi connectivity index (χ0) is 17.7. The fourth-order valence-corrected chi connectivity index (χ4v) is 2.60. The zero-order valence-corrected chi connectivity index (χ0v) is 15.0. The van der Waals surface area contributed by atoms with Crippen LogP contribution in [0, 0.1) is 0 Å². The molecule has 0 heterocycles. The third-order valence-electron chi connectivity index (χ3n) is 3.21. The molecule has 0 aliphatic heterocycles. The lowest BCUT2D eigenvalue weighted by atomic mass is 10.1. The number of rotatable bonds is 5. The third-order valence-corrected chi connectivity index (χ3v) is 4.40. The molecule has 1 N–H and O–H groups in total. The van der Waals surface area contributed by atoms with Crippen molar-refractivity contribution in [2.45, 2.75) is 6.42 Å². The Morgan fingerprint density at radius 3 is 2.71 bits per heavy atom. The molecule has 0 aromatic heterocycles. The van der Waals surface area contributed by atoms with Gasteiger partial charge in [0.2, 0.25) is 5.91 Å². The summed E-state index contributed by atoms with van der Waals surface area (Å²) in [5.74, 6) is -0.807. The van der Waals surface area contributed by atoms with Gasteiger partial charge in [0, 0.05) is 10.0 Å². The summed E-state index contributed by atoms with van der Waals surface area (Å²) in [6, 6.07) is 9.61. The maximum atomic E-state index is 12.2. The summed E-state index contributed by atoms with van der Waals surface area (Å²) in [6.45, 7) is 0. The second kappa shape index (κ2) is 8.08. The van der Waals surface area contributed by atoms with Crippen molar-refractivity contribution in [3.63, 3.8) is 0 Å². The van der Waals surface area contributed by atoms with Gasteiger partial charge in [-0.3, -0.25) is 9.59 Å². The number of benzene rings is 2. The largest absolute Gasteiger partial charge is 0.465 e. The minimum absolute atomic E-state index is 0.0385. The molecule has 5 nitrogen and oxygen atoms in total. The number of anilines is 1. The molecule has 0 spiro atoms. The van der Waals surface area contributed by atoms with Gasteiger partial charge in [0.25, 0.3) is 0 Å². The number of methoxy groups -OCH3 is 1. The fourth-order valence-electron chi connectivity index (χ4n) is 2.07. The van der Waals surface area contributed by atoms with Crippen molar-refractivity contribution < 1.29 is 19.1 Å². The van der Waals surface area contributed by atoms with Crippen molar-refractivity contribution >= 4 is 51.4 Å². The fraction of sp³-hybridized carbons (Fsp3) is 0.118. The zero-order valence-electron chi connectivity index (χ0n) is 12.6. The summed E-state index contributed by atoms with van der Waals surface area (Å²) in [5.41, 5.74) is 1.64. The number of carbonyl (C=O) groups excluding carboxylic acids is 3. The van der Waals surface area contributed by atoms with Gasteiger partial charge in [0.1, 0.15) is 0 Å². The predicted molar refractivity (Wildman–Crippen MR) is 94.7 cm³/mol. The minimum Gasteiger partial charge on any atom is -0.465 e. The van der Waals surface area contributed by atoms with Crippen molar-refractivity contribution in [3.05, 3.63) is 62.6 Å². The van der Waals surface area contributed by atoms with E-state index in [1.165, 1.54) is 19.2 Å². The summed E-state index contributed by atoms with van der Waals surface area (Å²) in [6.07, 6.45) is 0.672. The van der Waals surface area contributed by atoms with E-state index in [0.29, 0.717) is 38.2 Å². The second-order valence-electron chi connectivity index (χ2n) is 4.89. The average molecular weight is 411 g/mol. The molecule has 0 atom stereocenters. The van der Waals surface area contributed by atoms with E-state index in [-0.39, 0.29) is 12.3 Å². The first-order valence-electron chi connectivity index (χ1n) is 6.86. The number of esters is 1. The quantitative estimate of drug-likeness (QED) is 0.600. The SMILES string of the molecule is COC(=O)c1cccc(CC(=O)Nc2cc(Cl)c(Br)cc2C=O)c1. The number of nitrogens with one attached hydrogen (secondary N) is 1. The van der Waals surface area contributed by atoms with Gasteiger partial charge in [0.05, 0.1) is 29.8 Å². The average Bonchev–Trinajstić information content (AvgIpc) is 2.57. The lowest BCUT2D eigenvalue weighted by Crippen LogP contribution is -2.16.